The molecule has 1 rings (SSSR count). The first-order valence-corrected chi connectivity index (χ1v) is 3.09. The first-order chi connectivity index (χ1) is 4.63. The zero-order valence-corrected chi connectivity index (χ0v) is 5.68. The molecule has 0 aromatic heterocycles. The molecule has 0 aromatic rings. The van der Waals surface area contributed by atoms with E-state index in [4.69, 9.17) is 5.11 Å². The summed E-state index contributed by atoms with van der Waals surface area (Å²) >= 11 is 0. The Labute approximate surface area is 58.4 Å². The molecule has 0 amide bonds. The maximum absolute atomic E-state index is 10.8. The molecule has 1 aliphatic rings. The molecule has 0 fully saturated rings. The fourth-order valence-corrected chi connectivity index (χ4v) is 1.09. The molecular weight excluding hydrogens is 132 g/mol. The van der Waals surface area contributed by atoms with Gasteiger partial charge in [-0.25, -0.2) is 4.79 Å². The lowest BCUT2D eigenvalue weighted by molar-refractivity contribution is -0.134. The fraction of sp³-hybridized carbons (Fsp3) is 0.429. The zero-order valence-electron chi connectivity index (χ0n) is 5.68. The second-order valence-corrected chi connectivity index (χ2v) is 2.38. The summed E-state index contributed by atoms with van der Waals surface area (Å²) in [7, 11) is 0. The smallest absolute Gasteiger partial charge is 0.339 e. The minimum atomic E-state index is -1.08. The Balaban J connectivity index is 2.99. The van der Waals surface area contributed by atoms with Gasteiger partial charge in [-0.15, -0.1) is 0 Å². The Hall–Kier alpha value is -1.12. The highest BCUT2D eigenvalue weighted by atomic mass is 16.4. The highest BCUT2D eigenvalue weighted by Crippen LogP contribution is 2.21. The first-order valence-electron chi connectivity index (χ1n) is 3.09. The summed E-state index contributed by atoms with van der Waals surface area (Å²) in [6, 6.07) is 0. The van der Waals surface area contributed by atoms with Gasteiger partial charge in [0.25, 0.3) is 0 Å². The molecule has 0 aliphatic heterocycles. The normalized spacial score (nSPS) is 18.3. The topological polar surface area (TPSA) is 54.4 Å². The Morgan fingerprint density at radius 3 is 2.30 bits per heavy atom. The van der Waals surface area contributed by atoms with Crippen molar-refractivity contribution in [2.24, 2.45) is 0 Å². The molecule has 0 aromatic carbocycles. The van der Waals surface area contributed by atoms with Crippen LogP contribution in [-0.4, -0.2) is 16.9 Å². The number of carboxylic acids is 1. The van der Waals surface area contributed by atoms with E-state index in [0.717, 1.165) is 0 Å². The molecule has 1 aliphatic carbocycles. The van der Waals surface area contributed by atoms with Crippen molar-refractivity contribution >= 4 is 11.8 Å². The van der Waals surface area contributed by atoms with Crippen LogP contribution in [0, 0.1) is 0 Å². The van der Waals surface area contributed by atoms with Gasteiger partial charge >= 0.3 is 5.97 Å². The Morgan fingerprint density at radius 1 is 1.50 bits per heavy atom. The van der Waals surface area contributed by atoms with Gasteiger partial charge in [0.1, 0.15) is 5.57 Å². The number of carbonyl (C=O) groups excluding carboxylic acids is 1. The third-order valence-corrected chi connectivity index (χ3v) is 1.65. The SMILES string of the molecule is CC1=C(C(=O)O)C(=O)CC1. The van der Waals surface area contributed by atoms with Crippen LogP contribution in [0.25, 0.3) is 0 Å². The number of Topliss-reactive ketones (excluding diaryl/α,β-unsaturated/α-hetero) is 1. The third kappa shape index (κ3) is 0.943. The molecule has 1 N–H and O–H groups in total. The molecular formula is C7H8O3. The van der Waals surface area contributed by atoms with E-state index in [1.165, 1.54) is 0 Å². The van der Waals surface area contributed by atoms with Crippen LogP contribution in [0.1, 0.15) is 19.8 Å². The zero-order chi connectivity index (χ0) is 7.72. The van der Waals surface area contributed by atoms with Crippen LogP contribution in [0.5, 0.6) is 0 Å². The largest absolute Gasteiger partial charge is 0.478 e. The molecule has 0 atom stereocenters. The molecule has 0 unspecified atom stereocenters. The highest BCUT2D eigenvalue weighted by Gasteiger charge is 2.25. The second kappa shape index (κ2) is 2.25. The Bertz CT molecular complexity index is 225. The molecule has 0 saturated carbocycles. The number of rotatable bonds is 1. The number of allylic oxidation sites excluding steroid dienone is 1. The number of carbonyl (C=O) groups is 2. The van der Waals surface area contributed by atoms with Crippen molar-refractivity contribution in [2.45, 2.75) is 19.8 Å². The Kier molecular flexibility index (Phi) is 1.57. The number of hydrogen-bond acceptors (Lipinski definition) is 2. The van der Waals surface area contributed by atoms with Gasteiger partial charge in [-0.1, -0.05) is 5.57 Å². The monoisotopic (exact) mass is 140 g/mol. The van der Waals surface area contributed by atoms with E-state index in [0.29, 0.717) is 18.4 Å². The van der Waals surface area contributed by atoms with Crippen molar-refractivity contribution in [3.05, 3.63) is 11.1 Å². The van der Waals surface area contributed by atoms with Crippen LogP contribution in [0.2, 0.25) is 0 Å². The standard InChI is InChI=1S/C7H8O3/c1-4-2-3-5(8)6(4)7(9)10/h2-3H2,1H3,(H,9,10). The summed E-state index contributed by atoms with van der Waals surface area (Å²) in [4.78, 5) is 21.1. The lowest BCUT2D eigenvalue weighted by atomic mass is 10.2. The third-order valence-electron chi connectivity index (χ3n) is 1.65. The number of hydrogen-bond donors (Lipinski definition) is 1. The molecule has 0 heterocycles. The van der Waals surface area contributed by atoms with Gasteiger partial charge in [0.05, 0.1) is 0 Å². The molecule has 54 valence electrons. The molecule has 3 heteroatoms. The lowest BCUT2D eigenvalue weighted by Crippen LogP contribution is -2.07. The van der Waals surface area contributed by atoms with Crippen molar-refractivity contribution < 1.29 is 14.7 Å². The number of carboxylic acid groups (broad SMARTS) is 1. The van der Waals surface area contributed by atoms with Gasteiger partial charge in [0.15, 0.2) is 5.78 Å². The van der Waals surface area contributed by atoms with Crippen LogP contribution >= 0.6 is 0 Å². The van der Waals surface area contributed by atoms with Crippen LogP contribution < -0.4 is 0 Å². The van der Waals surface area contributed by atoms with Crippen molar-refractivity contribution in [3.63, 3.8) is 0 Å². The second-order valence-electron chi connectivity index (χ2n) is 2.38. The van der Waals surface area contributed by atoms with Gasteiger partial charge in [-0.05, 0) is 13.3 Å². The summed E-state index contributed by atoms with van der Waals surface area (Å²) in [5, 5.41) is 8.48. The van der Waals surface area contributed by atoms with E-state index < -0.39 is 5.97 Å². The maximum Gasteiger partial charge on any atom is 0.339 e. The van der Waals surface area contributed by atoms with Crippen molar-refractivity contribution in [2.75, 3.05) is 0 Å². The number of aliphatic carboxylic acids is 1. The predicted molar refractivity (Wildman–Crippen MR) is 34.6 cm³/mol. The van der Waals surface area contributed by atoms with E-state index in [9.17, 15) is 9.59 Å². The predicted octanol–water partition coefficient (Wildman–Crippen LogP) is 0.750. The molecule has 3 nitrogen and oxygen atoms in total. The molecule has 0 spiro atoms. The van der Waals surface area contributed by atoms with Gasteiger partial charge in [-0.3, -0.25) is 4.79 Å². The highest BCUT2D eigenvalue weighted by molar-refractivity contribution is 6.18. The summed E-state index contributed by atoms with van der Waals surface area (Å²) in [5.41, 5.74) is 0.706. The first kappa shape index (κ1) is 6.99. The van der Waals surface area contributed by atoms with Crippen molar-refractivity contribution in [3.8, 4) is 0 Å². The van der Waals surface area contributed by atoms with Gasteiger partial charge in [0.2, 0.25) is 0 Å². The van der Waals surface area contributed by atoms with E-state index in [-0.39, 0.29) is 11.4 Å². The maximum atomic E-state index is 10.8. The van der Waals surface area contributed by atoms with Crippen molar-refractivity contribution in [1.29, 1.82) is 0 Å². The minimum Gasteiger partial charge on any atom is -0.478 e. The minimum absolute atomic E-state index is 0.000000000000000444. The quantitative estimate of drug-likeness (QED) is 0.547. The van der Waals surface area contributed by atoms with E-state index in [2.05, 4.69) is 0 Å². The van der Waals surface area contributed by atoms with Crippen molar-refractivity contribution in [1.82, 2.24) is 0 Å². The molecule has 10 heavy (non-hydrogen) atoms. The van der Waals surface area contributed by atoms with Crippen LogP contribution in [-0.2, 0) is 9.59 Å². The van der Waals surface area contributed by atoms with Gasteiger partial charge in [0, 0.05) is 6.42 Å². The average molecular weight is 140 g/mol. The molecule has 0 saturated heterocycles. The van der Waals surface area contributed by atoms with Crippen LogP contribution in [0.4, 0.5) is 0 Å². The fourth-order valence-electron chi connectivity index (χ4n) is 1.09. The summed E-state index contributed by atoms with van der Waals surface area (Å²) in [5.74, 6) is -1.31. The number of ketones is 1. The van der Waals surface area contributed by atoms with E-state index in [1.807, 2.05) is 0 Å². The van der Waals surface area contributed by atoms with E-state index in [1.54, 1.807) is 6.92 Å². The Morgan fingerprint density at radius 2 is 2.10 bits per heavy atom. The summed E-state index contributed by atoms with van der Waals surface area (Å²) < 4.78 is 0. The average Bonchev–Trinajstić information content (AvgIpc) is 2.11. The molecule has 0 radical (unpaired) electrons. The lowest BCUT2D eigenvalue weighted by Gasteiger charge is -1.91. The van der Waals surface area contributed by atoms with Gasteiger partial charge < -0.3 is 5.11 Å². The van der Waals surface area contributed by atoms with Crippen LogP contribution in [0.15, 0.2) is 11.1 Å². The summed E-state index contributed by atoms with van der Waals surface area (Å²) in [6.07, 6.45) is 0.980. The summed E-state index contributed by atoms with van der Waals surface area (Å²) in [6.45, 7) is 1.69. The van der Waals surface area contributed by atoms with Gasteiger partial charge in [-0.2, -0.15) is 0 Å². The van der Waals surface area contributed by atoms with Crippen LogP contribution in [0.3, 0.4) is 0 Å². The molecule has 0 bridgehead atoms. The van der Waals surface area contributed by atoms with E-state index >= 15 is 0 Å².